The summed E-state index contributed by atoms with van der Waals surface area (Å²) in [4.78, 5) is 0. The number of halogens is 1. The average Bonchev–Trinajstić information content (AvgIpc) is 1.95. The van der Waals surface area contributed by atoms with E-state index in [9.17, 15) is 4.39 Å². The van der Waals surface area contributed by atoms with Gasteiger partial charge in [-0.2, -0.15) is 0 Å². The first kappa shape index (κ1) is 8.01. The lowest BCUT2D eigenvalue weighted by molar-refractivity contribution is 0.468. The van der Waals surface area contributed by atoms with E-state index < -0.39 is 5.82 Å². The van der Waals surface area contributed by atoms with Crippen LogP contribution in [0.5, 0.6) is 5.75 Å². The van der Waals surface area contributed by atoms with Gasteiger partial charge in [-0.15, -0.1) is 0 Å². The number of rotatable bonds is 2. The van der Waals surface area contributed by atoms with E-state index in [2.05, 4.69) is 0 Å². The maximum absolute atomic E-state index is 12.8. The number of phenols is 1. The molecule has 1 aromatic rings. The molecule has 0 heterocycles. The summed E-state index contributed by atoms with van der Waals surface area (Å²) in [5.41, 5.74) is 5.78. The predicted molar refractivity (Wildman–Crippen MR) is 40.8 cm³/mol. The first-order valence-electron chi connectivity index (χ1n) is 3.41. The number of hydrogen-bond donors (Lipinski definition) is 2. The zero-order chi connectivity index (χ0) is 8.27. The highest BCUT2D eigenvalue weighted by atomic mass is 19.1. The molecular formula is C8H10FNO. The molecule has 1 aromatic carbocycles. The Kier molecular flexibility index (Phi) is 2.44. The Hall–Kier alpha value is -1.09. The summed E-state index contributed by atoms with van der Waals surface area (Å²) < 4.78 is 12.8. The summed E-state index contributed by atoms with van der Waals surface area (Å²) in [6, 6.07) is 4.08. The third-order valence-corrected chi connectivity index (χ3v) is 1.45. The smallest absolute Gasteiger partial charge is 0.130 e. The van der Waals surface area contributed by atoms with Gasteiger partial charge in [0.25, 0.3) is 0 Å². The van der Waals surface area contributed by atoms with Crippen molar-refractivity contribution in [3.8, 4) is 5.75 Å². The molecule has 0 aromatic heterocycles. The van der Waals surface area contributed by atoms with Gasteiger partial charge in [0.1, 0.15) is 11.6 Å². The number of aromatic hydroxyl groups is 1. The molecule has 1 rings (SSSR count). The molecule has 0 atom stereocenters. The molecule has 0 aliphatic rings. The second-order valence-corrected chi connectivity index (χ2v) is 2.31. The van der Waals surface area contributed by atoms with E-state index >= 15 is 0 Å². The fraction of sp³-hybridized carbons (Fsp3) is 0.250. The van der Waals surface area contributed by atoms with Gasteiger partial charge in [-0.25, -0.2) is 4.39 Å². The molecule has 0 unspecified atom stereocenters. The normalized spacial score (nSPS) is 10.0. The van der Waals surface area contributed by atoms with Gasteiger partial charge in [-0.05, 0) is 24.6 Å². The highest BCUT2D eigenvalue weighted by molar-refractivity contribution is 5.27. The minimum absolute atomic E-state index is 0.0525. The van der Waals surface area contributed by atoms with Gasteiger partial charge >= 0.3 is 0 Å². The van der Waals surface area contributed by atoms with Crippen molar-refractivity contribution in [1.29, 1.82) is 0 Å². The fourth-order valence-electron chi connectivity index (χ4n) is 0.894. The van der Waals surface area contributed by atoms with Gasteiger partial charge in [-0.1, -0.05) is 6.07 Å². The van der Waals surface area contributed by atoms with Crippen LogP contribution in [0.15, 0.2) is 18.2 Å². The maximum Gasteiger partial charge on any atom is 0.130 e. The van der Waals surface area contributed by atoms with Crippen LogP contribution in [-0.4, -0.2) is 11.7 Å². The molecule has 0 aliphatic heterocycles. The number of phenolic OH excluding ortho intramolecular Hbond substituents is 1. The van der Waals surface area contributed by atoms with Gasteiger partial charge in [-0.3, -0.25) is 0 Å². The monoisotopic (exact) mass is 155 g/mol. The first-order valence-corrected chi connectivity index (χ1v) is 3.41. The molecule has 60 valence electrons. The van der Waals surface area contributed by atoms with Gasteiger partial charge in [0, 0.05) is 6.07 Å². The molecule has 0 bridgehead atoms. The first-order chi connectivity index (χ1) is 5.24. The number of hydrogen-bond acceptors (Lipinski definition) is 2. The van der Waals surface area contributed by atoms with E-state index in [1.54, 1.807) is 0 Å². The number of benzene rings is 1. The molecule has 0 amide bonds. The molecule has 0 fully saturated rings. The summed E-state index contributed by atoms with van der Waals surface area (Å²) >= 11 is 0. The van der Waals surface area contributed by atoms with Gasteiger partial charge < -0.3 is 10.8 Å². The fourth-order valence-corrected chi connectivity index (χ4v) is 0.894. The van der Waals surface area contributed by atoms with Gasteiger partial charge in [0.2, 0.25) is 0 Å². The van der Waals surface area contributed by atoms with E-state index in [1.807, 2.05) is 0 Å². The highest BCUT2D eigenvalue weighted by Crippen LogP contribution is 2.14. The van der Waals surface area contributed by atoms with Crippen LogP contribution in [0, 0.1) is 5.82 Å². The Balaban J connectivity index is 2.90. The molecule has 2 nitrogen and oxygen atoms in total. The second kappa shape index (κ2) is 3.34. The topological polar surface area (TPSA) is 46.2 Å². The molecule has 0 saturated heterocycles. The zero-order valence-corrected chi connectivity index (χ0v) is 6.05. The summed E-state index contributed by atoms with van der Waals surface area (Å²) in [5, 5.41) is 8.83. The number of nitrogens with two attached hydrogens (primary N) is 1. The Labute approximate surface area is 64.5 Å². The molecule has 0 radical (unpaired) electrons. The minimum atomic E-state index is -0.393. The van der Waals surface area contributed by atoms with Crippen molar-refractivity contribution in [2.45, 2.75) is 6.42 Å². The van der Waals surface area contributed by atoms with Crippen molar-refractivity contribution in [3.63, 3.8) is 0 Å². The summed E-state index contributed by atoms with van der Waals surface area (Å²) in [7, 11) is 0. The SMILES string of the molecule is NCCc1ccc(O)cc1F. The Morgan fingerprint density at radius 3 is 2.73 bits per heavy atom. The van der Waals surface area contributed by atoms with E-state index in [-0.39, 0.29) is 5.75 Å². The van der Waals surface area contributed by atoms with Crippen LogP contribution in [0.1, 0.15) is 5.56 Å². The van der Waals surface area contributed by atoms with Crippen molar-refractivity contribution >= 4 is 0 Å². The van der Waals surface area contributed by atoms with Crippen molar-refractivity contribution in [1.82, 2.24) is 0 Å². The molecule has 0 saturated carbocycles. The standard InChI is InChI=1S/C8H10FNO/c9-8-5-7(11)2-1-6(8)3-4-10/h1-2,5,11H,3-4,10H2. The van der Waals surface area contributed by atoms with E-state index in [0.717, 1.165) is 6.07 Å². The Morgan fingerprint density at radius 1 is 1.45 bits per heavy atom. The van der Waals surface area contributed by atoms with Crippen LogP contribution in [0.25, 0.3) is 0 Å². The van der Waals surface area contributed by atoms with Crippen LogP contribution < -0.4 is 5.73 Å². The van der Waals surface area contributed by atoms with Crippen LogP contribution >= 0.6 is 0 Å². The Morgan fingerprint density at radius 2 is 2.18 bits per heavy atom. The highest BCUT2D eigenvalue weighted by Gasteiger charge is 2.00. The van der Waals surface area contributed by atoms with Gasteiger partial charge in [0.15, 0.2) is 0 Å². The quantitative estimate of drug-likeness (QED) is 0.670. The molecule has 3 heteroatoms. The minimum Gasteiger partial charge on any atom is -0.508 e. The lowest BCUT2D eigenvalue weighted by Gasteiger charge is -2.00. The Bertz CT molecular complexity index is 250. The molecule has 0 spiro atoms. The van der Waals surface area contributed by atoms with E-state index in [4.69, 9.17) is 10.8 Å². The second-order valence-electron chi connectivity index (χ2n) is 2.31. The van der Waals surface area contributed by atoms with Crippen molar-refractivity contribution in [2.75, 3.05) is 6.54 Å². The van der Waals surface area contributed by atoms with Crippen LogP contribution in [0.3, 0.4) is 0 Å². The van der Waals surface area contributed by atoms with E-state index in [0.29, 0.717) is 18.5 Å². The molecule has 3 N–H and O–H groups in total. The molecule has 0 aliphatic carbocycles. The maximum atomic E-state index is 12.8. The summed E-state index contributed by atoms with van der Waals surface area (Å²) in [5.74, 6) is -0.446. The largest absolute Gasteiger partial charge is 0.508 e. The third-order valence-electron chi connectivity index (χ3n) is 1.45. The zero-order valence-electron chi connectivity index (χ0n) is 6.05. The van der Waals surface area contributed by atoms with E-state index in [1.165, 1.54) is 12.1 Å². The van der Waals surface area contributed by atoms with Crippen LogP contribution in [0.2, 0.25) is 0 Å². The lowest BCUT2D eigenvalue weighted by atomic mass is 10.1. The summed E-state index contributed by atoms with van der Waals surface area (Å²) in [6.07, 6.45) is 0.506. The van der Waals surface area contributed by atoms with Crippen LogP contribution in [-0.2, 0) is 6.42 Å². The third kappa shape index (κ3) is 1.91. The predicted octanol–water partition coefficient (Wildman–Crippen LogP) is 1.03. The van der Waals surface area contributed by atoms with Gasteiger partial charge in [0.05, 0.1) is 0 Å². The lowest BCUT2D eigenvalue weighted by Crippen LogP contribution is -2.04. The summed E-state index contributed by atoms with van der Waals surface area (Å²) in [6.45, 7) is 0.418. The average molecular weight is 155 g/mol. The van der Waals surface area contributed by atoms with Crippen LogP contribution in [0.4, 0.5) is 4.39 Å². The van der Waals surface area contributed by atoms with Crippen molar-refractivity contribution in [2.24, 2.45) is 5.73 Å². The van der Waals surface area contributed by atoms with Crippen molar-refractivity contribution in [3.05, 3.63) is 29.6 Å². The molecular weight excluding hydrogens is 145 g/mol. The molecule has 11 heavy (non-hydrogen) atoms. The van der Waals surface area contributed by atoms with Crippen molar-refractivity contribution < 1.29 is 9.50 Å².